The zero-order chi connectivity index (χ0) is 53.8. The largest absolute Gasteiger partial charge is 0.495 e. The molecule has 2 aliphatic carbocycles. The average molecular weight is 1170 g/mol. The van der Waals surface area contributed by atoms with Crippen molar-refractivity contribution in [1.82, 2.24) is 29.9 Å². The lowest BCUT2D eigenvalue weighted by molar-refractivity contribution is 0.143. The van der Waals surface area contributed by atoms with Crippen LogP contribution in [0.4, 0.5) is 35.2 Å². The summed E-state index contributed by atoms with van der Waals surface area (Å²) in [5.41, 5.74) is 0.221. The first-order chi connectivity index (χ1) is 35.9. The molecule has 0 amide bonds. The lowest BCUT2D eigenvalue weighted by Crippen LogP contribution is -2.20. The van der Waals surface area contributed by atoms with Crippen LogP contribution in [0.15, 0.2) is 84.9 Å². The van der Waals surface area contributed by atoms with Gasteiger partial charge in [-0.1, -0.05) is 92.3 Å². The van der Waals surface area contributed by atoms with Crippen LogP contribution in [0.2, 0.25) is 10.0 Å². The van der Waals surface area contributed by atoms with Gasteiger partial charge in [-0.25, -0.2) is 0 Å². The number of anilines is 6. The lowest BCUT2D eigenvalue weighted by Gasteiger charge is -2.17. The van der Waals surface area contributed by atoms with Crippen molar-refractivity contribution in [2.75, 3.05) is 35.5 Å². The van der Waals surface area contributed by atoms with Crippen molar-refractivity contribution in [2.24, 2.45) is 0 Å². The number of terminal acetylenes is 1. The van der Waals surface area contributed by atoms with Gasteiger partial charge in [0.15, 0.2) is 0 Å². The molecule has 0 saturated heterocycles. The maximum absolute atomic E-state index is 9.81. The number of rotatable bonds is 14. The standard InChI is InChI=1S/C28H32ClN5O3.C23H25ClIN5O2.C5H8O/c1-28(2,35)17-16-19-10-13-22(14-11-19)37-27-33-25(30-20-8-6-4-5-7-9-20)32-26(34-27)31-21-12-15-24(36-3)23(29)18-21;1-31-20-13-10-17(14-19(20)24)27-22-28-21(26-16-6-4-2-3-5-7-16)29-23(30-22)32-18-11-8-15(25)9-12-18;1-4-5(2,3)6/h10-15,18,20,35H,4-9H2,1-3H3,(H2,30,31,32,33,34);8-14,16H,2-7H2,1H3,(H2,26,27,28,29,30);1,6H,2-3H3. The molecular formula is C56H65Cl2IN10O6. The van der Waals surface area contributed by atoms with Gasteiger partial charge in [-0.15, -0.1) is 6.42 Å². The Kier molecular flexibility index (Phi) is 22.0. The maximum atomic E-state index is 9.81. The van der Waals surface area contributed by atoms with E-state index in [9.17, 15) is 5.11 Å². The molecule has 0 aliphatic heterocycles. The van der Waals surface area contributed by atoms with Crippen LogP contribution in [-0.2, 0) is 0 Å². The van der Waals surface area contributed by atoms with E-state index in [1.54, 1.807) is 78.3 Å². The number of hydrogen-bond donors (Lipinski definition) is 6. The summed E-state index contributed by atoms with van der Waals surface area (Å²) in [6.07, 6.45) is 19.0. The van der Waals surface area contributed by atoms with Crippen molar-refractivity contribution in [3.63, 3.8) is 0 Å². The summed E-state index contributed by atoms with van der Waals surface area (Å²) >= 11 is 14.8. The molecule has 6 N–H and O–H groups in total. The third-order valence-corrected chi connectivity index (χ3v) is 12.7. The molecular weight excluding hydrogens is 1110 g/mol. The summed E-state index contributed by atoms with van der Waals surface area (Å²) < 4.78 is 23.5. The fraction of sp³-hybridized carbons (Fsp3) is 0.393. The van der Waals surface area contributed by atoms with Gasteiger partial charge in [0.25, 0.3) is 0 Å². The number of ether oxygens (including phenoxy) is 4. The van der Waals surface area contributed by atoms with Gasteiger partial charge in [0.2, 0.25) is 23.8 Å². The first-order valence-corrected chi connectivity index (χ1v) is 26.7. The molecule has 8 rings (SSSR count). The number of aliphatic hydroxyl groups is 2. The van der Waals surface area contributed by atoms with Gasteiger partial charge in [-0.05, 0) is 161 Å². The average Bonchev–Trinajstić information content (AvgIpc) is 3.80. The Morgan fingerprint density at radius 1 is 0.560 bits per heavy atom. The molecule has 6 aromatic rings. The van der Waals surface area contributed by atoms with Crippen LogP contribution in [0.5, 0.6) is 35.0 Å². The topological polar surface area (TPSA) is 203 Å². The molecule has 19 heteroatoms. The summed E-state index contributed by atoms with van der Waals surface area (Å²) in [6.45, 7) is 6.41. The van der Waals surface area contributed by atoms with E-state index in [1.165, 1.54) is 51.4 Å². The highest BCUT2D eigenvalue weighted by Gasteiger charge is 2.19. The van der Waals surface area contributed by atoms with E-state index in [0.29, 0.717) is 74.6 Å². The normalized spacial score (nSPS) is 14.0. The zero-order valence-electron chi connectivity index (χ0n) is 43.1. The predicted octanol–water partition coefficient (Wildman–Crippen LogP) is 13.5. The molecule has 0 unspecified atom stereocenters. The molecule has 2 aromatic heterocycles. The molecule has 75 heavy (non-hydrogen) atoms. The van der Waals surface area contributed by atoms with Crippen LogP contribution in [0.3, 0.4) is 0 Å². The molecule has 0 atom stereocenters. The SMILES string of the molecule is C#CC(C)(C)O.COc1ccc(Nc2nc(NC3CCCCCC3)nc(Oc3ccc(C#CC(C)(C)O)cc3)n2)cc1Cl.COc1ccc(Nc2nc(NC3CCCCCC3)nc(Oc3ccc(I)cc3)n2)cc1Cl. The lowest BCUT2D eigenvalue weighted by atomic mass is 10.1. The summed E-state index contributed by atoms with van der Waals surface area (Å²) in [4.78, 5) is 27.1. The number of nitrogens with one attached hydrogen (secondary N) is 4. The monoisotopic (exact) mass is 1170 g/mol. The Morgan fingerprint density at radius 3 is 1.31 bits per heavy atom. The zero-order valence-corrected chi connectivity index (χ0v) is 46.8. The van der Waals surface area contributed by atoms with Gasteiger partial charge in [-0.2, -0.15) is 29.9 Å². The van der Waals surface area contributed by atoms with Gasteiger partial charge < -0.3 is 50.4 Å². The summed E-state index contributed by atoms with van der Waals surface area (Å²) in [7, 11) is 3.15. The molecule has 2 heterocycles. The third kappa shape index (κ3) is 20.7. The second-order valence-corrected chi connectivity index (χ2v) is 20.9. The highest BCUT2D eigenvalue weighted by molar-refractivity contribution is 14.1. The molecule has 4 aromatic carbocycles. The number of hydrogen-bond acceptors (Lipinski definition) is 16. The van der Waals surface area contributed by atoms with Crippen molar-refractivity contribution in [3.05, 3.63) is 104 Å². The molecule has 2 aliphatic rings. The van der Waals surface area contributed by atoms with Crippen LogP contribution in [0.25, 0.3) is 0 Å². The highest BCUT2D eigenvalue weighted by atomic mass is 127. The Bertz CT molecular complexity index is 2870. The van der Waals surface area contributed by atoms with Crippen LogP contribution >= 0.6 is 45.8 Å². The summed E-state index contributed by atoms with van der Waals surface area (Å²) in [6, 6.07) is 26.7. The number of halogens is 3. The van der Waals surface area contributed by atoms with Gasteiger partial charge in [0, 0.05) is 32.6 Å². The Morgan fingerprint density at radius 2 is 0.947 bits per heavy atom. The van der Waals surface area contributed by atoms with E-state index >= 15 is 0 Å². The smallest absolute Gasteiger partial charge is 0.328 e. The van der Waals surface area contributed by atoms with Gasteiger partial charge in [-0.3, -0.25) is 0 Å². The second kappa shape index (κ2) is 28.5. The first kappa shape index (κ1) is 57.9. The number of benzene rings is 4. The number of nitrogens with zero attached hydrogens (tertiary/aromatic N) is 6. The Balaban J connectivity index is 0.000000222. The fourth-order valence-electron chi connectivity index (χ4n) is 7.55. The molecule has 0 bridgehead atoms. The van der Waals surface area contributed by atoms with E-state index in [0.717, 1.165) is 40.5 Å². The van der Waals surface area contributed by atoms with Gasteiger partial charge in [0.1, 0.15) is 34.2 Å². The van der Waals surface area contributed by atoms with Crippen molar-refractivity contribution in [2.45, 2.75) is 128 Å². The summed E-state index contributed by atoms with van der Waals surface area (Å²) in [5, 5.41) is 32.7. The van der Waals surface area contributed by atoms with Crippen molar-refractivity contribution < 1.29 is 29.2 Å². The molecule has 2 saturated carbocycles. The van der Waals surface area contributed by atoms with Crippen LogP contribution < -0.4 is 40.2 Å². The number of methoxy groups -OCH3 is 2. The van der Waals surface area contributed by atoms with Crippen molar-refractivity contribution in [1.29, 1.82) is 0 Å². The fourth-order valence-corrected chi connectivity index (χ4v) is 8.42. The molecule has 0 radical (unpaired) electrons. The van der Waals surface area contributed by atoms with E-state index in [-0.39, 0.29) is 12.0 Å². The van der Waals surface area contributed by atoms with E-state index in [1.807, 2.05) is 48.5 Å². The van der Waals surface area contributed by atoms with Crippen molar-refractivity contribution >= 4 is 81.0 Å². The van der Waals surface area contributed by atoms with Gasteiger partial charge >= 0.3 is 12.0 Å². The Labute approximate surface area is 464 Å². The molecule has 16 nitrogen and oxygen atoms in total. The minimum atomic E-state index is -1.06. The van der Waals surface area contributed by atoms with Gasteiger partial charge in [0.05, 0.1) is 24.3 Å². The highest BCUT2D eigenvalue weighted by Crippen LogP contribution is 2.32. The number of aromatic nitrogens is 6. The van der Waals surface area contributed by atoms with Crippen LogP contribution in [0, 0.1) is 27.8 Å². The van der Waals surface area contributed by atoms with Crippen molar-refractivity contribution in [3.8, 4) is 59.2 Å². The third-order valence-electron chi connectivity index (χ3n) is 11.4. The molecule has 0 spiro atoms. The molecule has 2 fully saturated rings. The predicted molar refractivity (Wildman–Crippen MR) is 307 cm³/mol. The summed E-state index contributed by atoms with van der Waals surface area (Å²) in [5.74, 6) is 12.0. The second-order valence-electron chi connectivity index (χ2n) is 18.8. The quantitative estimate of drug-likeness (QED) is 0.0341. The Hall–Kier alpha value is -6.35. The first-order valence-electron chi connectivity index (χ1n) is 24.9. The molecule has 396 valence electrons. The maximum Gasteiger partial charge on any atom is 0.328 e. The van der Waals surface area contributed by atoms with E-state index in [4.69, 9.17) is 53.7 Å². The minimum Gasteiger partial charge on any atom is -0.495 e. The van der Waals surface area contributed by atoms with E-state index in [2.05, 4.69) is 91.5 Å². The van der Waals surface area contributed by atoms with E-state index < -0.39 is 11.2 Å². The minimum absolute atomic E-state index is 0.156. The van der Waals surface area contributed by atoms with Crippen LogP contribution in [-0.4, -0.2) is 77.6 Å². The van der Waals surface area contributed by atoms with Crippen LogP contribution in [0.1, 0.15) is 110 Å².